The Kier molecular flexibility index (Phi) is 4.87. The van der Waals surface area contributed by atoms with E-state index in [0.717, 1.165) is 16.3 Å². The summed E-state index contributed by atoms with van der Waals surface area (Å²) >= 11 is 7.29. The molecule has 0 aliphatic carbocycles. The van der Waals surface area contributed by atoms with Gasteiger partial charge in [-0.15, -0.1) is 0 Å². The van der Waals surface area contributed by atoms with Crippen LogP contribution in [0.4, 0.5) is 5.69 Å². The average molecular weight is 402 g/mol. The average Bonchev–Trinajstić information content (AvgIpc) is 3.27. The largest absolute Gasteiger partial charge is 0.454 e. The molecule has 0 unspecified atom stereocenters. The molecule has 0 atom stereocenters. The van der Waals surface area contributed by atoms with Crippen molar-refractivity contribution in [2.45, 2.75) is 5.03 Å². The molecule has 1 aromatic heterocycles. The first-order valence-corrected chi connectivity index (χ1v) is 9.51. The van der Waals surface area contributed by atoms with E-state index < -0.39 is 0 Å². The number of benzene rings is 2. The van der Waals surface area contributed by atoms with E-state index in [0.29, 0.717) is 22.2 Å². The minimum absolute atomic E-state index is 0.131. The lowest BCUT2D eigenvalue weighted by atomic mass is 10.2. The van der Waals surface area contributed by atoms with Gasteiger partial charge in [0, 0.05) is 22.3 Å². The van der Waals surface area contributed by atoms with E-state index >= 15 is 0 Å². The maximum atomic E-state index is 12.2. The molecular weight excluding hydrogens is 386 g/mol. The standard InChI is InChI=1S/C19H16ClN3O3S/c20-13-3-1-12(2-4-13)15-6-8-19(23(15)21)27-10-18(24)22-14-5-7-16-17(9-14)26-11-25-16/h1-9H,10-11,21H2,(H,22,24). The van der Waals surface area contributed by atoms with Crippen LogP contribution in [0.2, 0.25) is 5.02 Å². The fraction of sp³-hybridized carbons (Fsp3) is 0.105. The predicted molar refractivity (Wildman–Crippen MR) is 107 cm³/mol. The van der Waals surface area contributed by atoms with E-state index in [1.54, 1.807) is 22.9 Å². The van der Waals surface area contributed by atoms with Gasteiger partial charge >= 0.3 is 0 Å². The Labute approximate surface area is 165 Å². The van der Waals surface area contributed by atoms with E-state index in [-0.39, 0.29) is 18.5 Å². The summed E-state index contributed by atoms with van der Waals surface area (Å²) in [6, 6.07) is 16.5. The molecule has 2 heterocycles. The normalized spacial score (nSPS) is 12.2. The van der Waals surface area contributed by atoms with E-state index in [1.165, 1.54) is 11.8 Å². The number of rotatable bonds is 5. The number of anilines is 1. The Balaban J connectivity index is 1.38. The molecule has 0 bridgehead atoms. The number of fused-ring (bicyclic) bond motifs is 1. The second-order valence-electron chi connectivity index (χ2n) is 5.84. The number of halogens is 1. The molecule has 0 fully saturated rings. The molecule has 27 heavy (non-hydrogen) atoms. The lowest BCUT2D eigenvalue weighted by molar-refractivity contribution is -0.113. The fourth-order valence-electron chi connectivity index (χ4n) is 2.71. The Hall–Kier alpha value is -2.77. The number of nitrogens with two attached hydrogens (primary N) is 1. The second kappa shape index (κ2) is 7.46. The number of thioether (sulfide) groups is 1. The number of carbonyl (C=O) groups excluding carboxylic acids is 1. The van der Waals surface area contributed by atoms with Crippen LogP contribution in [-0.2, 0) is 4.79 Å². The third-order valence-electron chi connectivity index (χ3n) is 4.03. The number of nitrogens with zero attached hydrogens (tertiary/aromatic N) is 1. The van der Waals surface area contributed by atoms with Gasteiger partial charge in [0.15, 0.2) is 11.5 Å². The van der Waals surface area contributed by atoms with Crippen molar-refractivity contribution in [2.75, 3.05) is 23.7 Å². The van der Waals surface area contributed by atoms with Crippen LogP contribution in [0.25, 0.3) is 11.3 Å². The van der Waals surface area contributed by atoms with Crippen molar-refractivity contribution in [3.63, 3.8) is 0 Å². The third-order valence-corrected chi connectivity index (χ3v) is 5.32. The summed E-state index contributed by atoms with van der Waals surface area (Å²) in [4.78, 5) is 12.2. The Morgan fingerprint density at radius 3 is 2.70 bits per heavy atom. The van der Waals surface area contributed by atoms with Crippen molar-refractivity contribution < 1.29 is 14.3 Å². The summed E-state index contributed by atoms with van der Waals surface area (Å²) in [7, 11) is 0. The van der Waals surface area contributed by atoms with E-state index in [4.69, 9.17) is 26.9 Å². The third kappa shape index (κ3) is 3.84. The summed E-state index contributed by atoms with van der Waals surface area (Å²) in [5.74, 6) is 7.58. The van der Waals surface area contributed by atoms with Crippen molar-refractivity contribution in [1.82, 2.24) is 4.68 Å². The first-order valence-electron chi connectivity index (χ1n) is 8.15. The summed E-state index contributed by atoms with van der Waals surface area (Å²) in [5, 5.41) is 4.31. The number of hydrogen-bond acceptors (Lipinski definition) is 5. The van der Waals surface area contributed by atoms with Crippen molar-refractivity contribution >= 4 is 35.0 Å². The van der Waals surface area contributed by atoms with Gasteiger partial charge in [-0.1, -0.05) is 35.5 Å². The van der Waals surface area contributed by atoms with Crippen molar-refractivity contribution in [3.8, 4) is 22.8 Å². The van der Waals surface area contributed by atoms with Crippen LogP contribution in [0, 0.1) is 0 Å². The molecule has 1 aliphatic heterocycles. The number of ether oxygens (including phenoxy) is 2. The first-order chi connectivity index (χ1) is 13.1. The van der Waals surface area contributed by atoms with E-state index in [9.17, 15) is 4.79 Å². The Morgan fingerprint density at radius 2 is 1.89 bits per heavy atom. The highest BCUT2D eigenvalue weighted by molar-refractivity contribution is 7.99. The SMILES string of the molecule is Nn1c(SCC(=O)Nc2ccc3c(c2)OCO3)ccc1-c1ccc(Cl)cc1. The van der Waals surface area contributed by atoms with Gasteiger partial charge in [-0.3, -0.25) is 9.47 Å². The van der Waals surface area contributed by atoms with Gasteiger partial charge in [-0.05, 0) is 36.4 Å². The van der Waals surface area contributed by atoms with Crippen LogP contribution in [0.3, 0.4) is 0 Å². The zero-order chi connectivity index (χ0) is 18.8. The summed E-state index contributed by atoms with van der Waals surface area (Å²) < 4.78 is 12.1. The van der Waals surface area contributed by atoms with Crippen LogP contribution in [0.5, 0.6) is 11.5 Å². The van der Waals surface area contributed by atoms with E-state index in [2.05, 4.69) is 5.32 Å². The zero-order valence-electron chi connectivity index (χ0n) is 14.1. The lowest BCUT2D eigenvalue weighted by Crippen LogP contribution is -2.16. The number of aromatic nitrogens is 1. The molecule has 2 aromatic carbocycles. The lowest BCUT2D eigenvalue weighted by Gasteiger charge is -2.08. The van der Waals surface area contributed by atoms with Crippen LogP contribution in [0.15, 0.2) is 59.6 Å². The molecule has 0 radical (unpaired) electrons. The number of nitrogens with one attached hydrogen (secondary N) is 1. The van der Waals surface area contributed by atoms with Gasteiger partial charge in [-0.2, -0.15) is 0 Å². The second-order valence-corrected chi connectivity index (χ2v) is 7.27. The number of carbonyl (C=O) groups is 1. The summed E-state index contributed by atoms with van der Waals surface area (Å²) in [6.45, 7) is 0.200. The van der Waals surface area contributed by atoms with Gasteiger partial charge in [-0.25, -0.2) is 0 Å². The topological polar surface area (TPSA) is 78.5 Å². The van der Waals surface area contributed by atoms with Crippen LogP contribution >= 0.6 is 23.4 Å². The quantitative estimate of drug-likeness (QED) is 0.499. The Morgan fingerprint density at radius 1 is 1.11 bits per heavy atom. The van der Waals surface area contributed by atoms with Gasteiger partial charge in [0.1, 0.15) is 0 Å². The number of amides is 1. The maximum Gasteiger partial charge on any atom is 0.234 e. The van der Waals surface area contributed by atoms with Gasteiger partial charge in [0.2, 0.25) is 12.7 Å². The molecule has 0 saturated heterocycles. The summed E-state index contributed by atoms with van der Waals surface area (Å²) in [6.07, 6.45) is 0. The van der Waals surface area contributed by atoms with Gasteiger partial charge in [0.25, 0.3) is 0 Å². The smallest absolute Gasteiger partial charge is 0.234 e. The molecule has 3 aromatic rings. The molecule has 4 rings (SSSR count). The molecule has 0 saturated carbocycles. The minimum Gasteiger partial charge on any atom is -0.454 e. The highest BCUT2D eigenvalue weighted by atomic mass is 35.5. The molecule has 138 valence electrons. The molecule has 8 heteroatoms. The molecule has 1 amide bonds. The zero-order valence-corrected chi connectivity index (χ0v) is 15.7. The van der Waals surface area contributed by atoms with Gasteiger partial charge in [0.05, 0.1) is 16.5 Å². The van der Waals surface area contributed by atoms with Crippen molar-refractivity contribution in [2.24, 2.45) is 0 Å². The van der Waals surface area contributed by atoms with E-state index in [1.807, 2.05) is 36.4 Å². The van der Waals surface area contributed by atoms with Gasteiger partial charge < -0.3 is 20.6 Å². The fourth-order valence-corrected chi connectivity index (χ4v) is 3.59. The highest BCUT2D eigenvalue weighted by Crippen LogP contribution is 2.34. The van der Waals surface area contributed by atoms with Crippen LogP contribution in [0.1, 0.15) is 0 Å². The van der Waals surface area contributed by atoms with Crippen LogP contribution < -0.4 is 20.6 Å². The Bertz CT molecular complexity index is 988. The predicted octanol–water partition coefficient (Wildman–Crippen LogP) is 3.98. The molecule has 1 aliphatic rings. The number of nitrogen functional groups attached to an aromatic ring is 1. The monoisotopic (exact) mass is 401 g/mol. The number of hydrogen-bond donors (Lipinski definition) is 2. The van der Waals surface area contributed by atoms with Crippen molar-refractivity contribution in [3.05, 3.63) is 59.6 Å². The highest BCUT2D eigenvalue weighted by Gasteiger charge is 2.15. The molecule has 3 N–H and O–H groups in total. The molecular formula is C19H16ClN3O3S. The first kappa shape index (κ1) is 17.6. The van der Waals surface area contributed by atoms with Crippen LogP contribution in [-0.4, -0.2) is 23.1 Å². The minimum atomic E-state index is -0.131. The molecule has 6 nitrogen and oxygen atoms in total. The molecule has 0 spiro atoms. The summed E-state index contributed by atoms with van der Waals surface area (Å²) in [5.41, 5.74) is 2.47. The van der Waals surface area contributed by atoms with Crippen molar-refractivity contribution in [1.29, 1.82) is 0 Å². The maximum absolute atomic E-state index is 12.2.